The molecule has 0 spiro atoms. The van der Waals surface area contributed by atoms with Crippen molar-refractivity contribution in [2.75, 3.05) is 29.5 Å². The quantitative estimate of drug-likeness (QED) is 0.151. The number of ketones is 1. The van der Waals surface area contributed by atoms with E-state index in [9.17, 15) is 18.0 Å². The Morgan fingerprint density at radius 2 is 1.79 bits per heavy atom. The van der Waals surface area contributed by atoms with Gasteiger partial charge in [0.1, 0.15) is 17.2 Å². The predicted octanol–water partition coefficient (Wildman–Crippen LogP) is 7.11. The van der Waals surface area contributed by atoms with E-state index in [4.69, 9.17) is 16.3 Å². The Bertz CT molecular complexity index is 1600. The second kappa shape index (κ2) is 13.0. The number of piperazine rings is 1. The lowest BCUT2D eigenvalue weighted by molar-refractivity contribution is -0.154. The Labute approximate surface area is 257 Å². The van der Waals surface area contributed by atoms with Gasteiger partial charge in [-0.1, -0.05) is 17.7 Å². The van der Waals surface area contributed by atoms with Gasteiger partial charge in [-0.25, -0.2) is 14.4 Å². The number of anilines is 2. The van der Waals surface area contributed by atoms with Crippen LogP contribution in [-0.2, 0) is 6.42 Å². The largest absolute Gasteiger partial charge is 0.468 e. The number of halogens is 6. The highest BCUT2D eigenvalue weighted by Gasteiger charge is 2.32. The summed E-state index contributed by atoms with van der Waals surface area (Å²) in [6.45, 7) is 5.46. The number of nitrogens with zero attached hydrogens (tertiary/aromatic N) is 5. The normalized spacial score (nSPS) is 17.2. The summed E-state index contributed by atoms with van der Waals surface area (Å²) in [7, 11) is 0. The SMILES string of the molecule is Cc1nc2ccc(Cl)cn2c1C(=O)CCc1ccc(N2C[C@H](C)N(c3ccc(OCC(F)(F)F)nc3)C[C@H]2C)c(F)c1.Cl. The maximum Gasteiger partial charge on any atom is 0.422 e. The number of hydrogen-bond acceptors (Lipinski definition) is 6. The number of alkyl halides is 3. The van der Waals surface area contributed by atoms with Gasteiger partial charge in [0, 0.05) is 43.9 Å². The molecule has 4 heterocycles. The minimum Gasteiger partial charge on any atom is -0.468 e. The van der Waals surface area contributed by atoms with Crippen molar-refractivity contribution in [2.45, 2.75) is 51.9 Å². The number of ether oxygens (including phenoxy) is 1. The standard InChI is InChI=1S/C30H30ClF4N5O2.ClH/c1-18-15-39(19(2)14-38(18)23-7-11-28(36-13-23)42-17-30(33,34)35)25-8-4-21(12-24(25)32)5-9-26(41)29-20(3)37-27-10-6-22(31)16-40(27)29;/h4,6-8,10-13,16,18-19H,5,9,14-15,17H2,1-3H3;1H/t18-,19+;/m0./s1. The highest BCUT2D eigenvalue weighted by Crippen LogP contribution is 2.30. The molecule has 1 saturated heterocycles. The van der Waals surface area contributed by atoms with E-state index in [1.54, 1.807) is 41.8 Å². The van der Waals surface area contributed by atoms with Crippen molar-refractivity contribution < 1.29 is 27.1 Å². The van der Waals surface area contributed by atoms with Crippen LogP contribution >= 0.6 is 24.0 Å². The second-order valence-electron chi connectivity index (χ2n) is 10.6. The summed E-state index contributed by atoms with van der Waals surface area (Å²) >= 11 is 6.11. The van der Waals surface area contributed by atoms with Crippen molar-refractivity contribution >= 4 is 46.8 Å². The molecule has 13 heteroatoms. The van der Waals surface area contributed by atoms with Crippen molar-refractivity contribution in [3.8, 4) is 5.88 Å². The lowest BCUT2D eigenvalue weighted by Crippen LogP contribution is -2.57. The zero-order chi connectivity index (χ0) is 30.2. The molecule has 0 N–H and O–H groups in total. The first kappa shape index (κ1) is 32.3. The Morgan fingerprint density at radius 1 is 1.07 bits per heavy atom. The average molecular weight is 641 g/mol. The van der Waals surface area contributed by atoms with Crippen LogP contribution in [0.4, 0.5) is 28.9 Å². The number of carbonyl (C=O) groups is 1. The van der Waals surface area contributed by atoms with Gasteiger partial charge in [-0.3, -0.25) is 9.20 Å². The number of imidazole rings is 1. The number of rotatable bonds is 8. The van der Waals surface area contributed by atoms with Gasteiger partial charge in [0.05, 0.1) is 28.3 Å². The Kier molecular flexibility index (Phi) is 9.76. The molecule has 0 bridgehead atoms. The summed E-state index contributed by atoms with van der Waals surface area (Å²) in [4.78, 5) is 25.6. The molecule has 0 radical (unpaired) electrons. The summed E-state index contributed by atoms with van der Waals surface area (Å²) in [5, 5.41) is 0.500. The maximum absolute atomic E-state index is 15.4. The van der Waals surface area contributed by atoms with E-state index >= 15 is 4.39 Å². The molecule has 0 unspecified atom stereocenters. The molecule has 230 valence electrons. The van der Waals surface area contributed by atoms with E-state index in [1.807, 2.05) is 24.8 Å². The lowest BCUT2D eigenvalue weighted by atomic mass is 10.0. The molecule has 1 aromatic carbocycles. The number of Topliss-reactive ketones (excluding diaryl/α,β-unsaturated/α-hetero) is 1. The van der Waals surface area contributed by atoms with Crippen LogP contribution in [0.25, 0.3) is 5.65 Å². The molecule has 0 amide bonds. The van der Waals surface area contributed by atoms with Crippen molar-refractivity contribution in [2.24, 2.45) is 0 Å². The van der Waals surface area contributed by atoms with E-state index in [0.29, 0.717) is 52.8 Å². The van der Waals surface area contributed by atoms with E-state index in [1.165, 1.54) is 18.3 Å². The smallest absolute Gasteiger partial charge is 0.422 e. The number of aromatic nitrogens is 3. The molecule has 3 aromatic heterocycles. The number of pyridine rings is 2. The van der Waals surface area contributed by atoms with Crippen LogP contribution < -0.4 is 14.5 Å². The average Bonchev–Trinajstić information content (AvgIpc) is 3.26. The van der Waals surface area contributed by atoms with Gasteiger partial charge in [-0.05, 0) is 63.1 Å². The number of benzene rings is 1. The van der Waals surface area contributed by atoms with Gasteiger partial charge < -0.3 is 14.5 Å². The number of carbonyl (C=O) groups excluding carboxylic acids is 1. The monoisotopic (exact) mass is 639 g/mol. The van der Waals surface area contributed by atoms with Gasteiger partial charge in [-0.15, -0.1) is 12.4 Å². The fraction of sp³-hybridized carbons (Fsp3) is 0.367. The topological polar surface area (TPSA) is 63.0 Å². The molecular formula is C30H31Cl2F4N5O2. The minimum absolute atomic E-state index is 0. The second-order valence-corrected chi connectivity index (χ2v) is 11.0. The Morgan fingerprint density at radius 3 is 2.47 bits per heavy atom. The van der Waals surface area contributed by atoms with Crippen molar-refractivity contribution in [3.05, 3.63) is 82.6 Å². The van der Waals surface area contributed by atoms with Gasteiger partial charge in [0.15, 0.2) is 12.4 Å². The Balaban J connectivity index is 0.00000423. The molecular weight excluding hydrogens is 609 g/mol. The molecule has 0 aliphatic carbocycles. The molecule has 1 aliphatic heterocycles. The van der Waals surface area contributed by atoms with Crippen LogP contribution in [0, 0.1) is 12.7 Å². The fourth-order valence-corrected chi connectivity index (χ4v) is 5.55. The van der Waals surface area contributed by atoms with Crippen LogP contribution in [-0.4, -0.2) is 58.1 Å². The van der Waals surface area contributed by atoms with Gasteiger partial charge in [-0.2, -0.15) is 13.2 Å². The van der Waals surface area contributed by atoms with Crippen molar-refractivity contribution in [3.63, 3.8) is 0 Å². The predicted molar refractivity (Wildman–Crippen MR) is 161 cm³/mol. The first-order valence-electron chi connectivity index (χ1n) is 13.5. The molecule has 4 aromatic rings. The third kappa shape index (κ3) is 7.33. The summed E-state index contributed by atoms with van der Waals surface area (Å²) in [6.07, 6.45) is -0.710. The first-order chi connectivity index (χ1) is 19.9. The van der Waals surface area contributed by atoms with Gasteiger partial charge in [0.2, 0.25) is 5.88 Å². The number of aryl methyl sites for hydroxylation is 2. The maximum atomic E-state index is 15.4. The van der Waals surface area contributed by atoms with Crippen LogP contribution in [0.5, 0.6) is 5.88 Å². The van der Waals surface area contributed by atoms with E-state index in [2.05, 4.69) is 14.9 Å². The first-order valence-corrected chi connectivity index (χ1v) is 13.9. The Hall–Kier alpha value is -3.57. The summed E-state index contributed by atoms with van der Waals surface area (Å²) < 4.78 is 59.0. The fourth-order valence-electron chi connectivity index (χ4n) is 5.39. The lowest BCUT2D eigenvalue weighted by Gasteiger charge is -2.46. The minimum atomic E-state index is -4.43. The summed E-state index contributed by atoms with van der Waals surface area (Å²) in [5.41, 5.74) is 3.67. The van der Waals surface area contributed by atoms with Crippen LogP contribution in [0.2, 0.25) is 5.02 Å². The molecule has 2 atom stereocenters. The molecule has 0 saturated carbocycles. The van der Waals surface area contributed by atoms with Crippen LogP contribution in [0.15, 0.2) is 54.9 Å². The molecule has 7 nitrogen and oxygen atoms in total. The van der Waals surface area contributed by atoms with Gasteiger partial charge in [0.25, 0.3) is 0 Å². The summed E-state index contributed by atoms with van der Waals surface area (Å²) in [6, 6.07) is 11.6. The highest BCUT2D eigenvalue weighted by molar-refractivity contribution is 6.30. The van der Waals surface area contributed by atoms with E-state index in [-0.39, 0.29) is 48.4 Å². The molecule has 5 rings (SSSR count). The van der Waals surface area contributed by atoms with Crippen molar-refractivity contribution in [1.29, 1.82) is 0 Å². The third-order valence-electron chi connectivity index (χ3n) is 7.41. The van der Waals surface area contributed by atoms with Crippen LogP contribution in [0.3, 0.4) is 0 Å². The molecule has 43 heavy (non-hydrogen) atoms. The molecule has 1 fully saturated rings. The van der Waals surface area contributed by atoms with Crippen molar-refractivity contribution in [1.82, 2.24) is 14.4 Å². The third-order valence-corrected chi connectivity index (χ3v) is 7.63. The molecule has 1 aliphatic rings. The highest BCUT2D eigenvalue weighted by atomic mass is 35.5. The zero-order valence-corrected chi connectivity index (χ0v) is 25.3. The summed E-state index contributed by atoms with van der Waals surface area (Å²) in [5.74, 6) is -0.560. The van der Waals surface area contributed by atoms with Crippen LogP contribution in [0.1, 0.15) is 42.0 Å². The van der Waals surface area contributed by atoms with E-state index < -0.39 is 12.8 Å². The number of hydrogen-bond donors (Lipinski definition) is 0. The van der Waals surface area contributed by atoms with E-state index in [0.717, 1.165) is 5.69 Å². The number of fused-ring (bicyclic) bond motifs is 1. The van der Waals surface area contributed by atoms with Gasteiger partial charge >= 0.3 is 6.18 Å². The zero-order valence-electron chi connectivity index (χ0n) is 23.7.